The summed E-state index contributed by atoms with van der Waals surface area (Å²) in [6.07, 6.45) is 0. The molecule has 21 heavy (non-hydrogen) atoms. The van der Waals surface area contributed by atoms with Gasteiger partial charge in [0.15, 0.2) is 0 Å². The van der Waals surface area contributed by atoms with Crippen molar-refractivity contribution in [3.05, 3.63) is 23.8 Å². The van der Waals surface area contributed by atoms with Gasteiger partial charge < -0.3 is 15.0 Å². The number of benzene rings is 1. The summed E-state index contributed by atoms with van der Waals surface area (Å²) in [6, 6.07) is 6.70. The highest BCUT2D eigenvalue weighted by atomic mass is 16.5. The number of piperazine rings is 1. The van der Waals surface area contributed by atoms with Gasteiger partial charge >= 0.3 is 0 Å². The Morgan fingerprint density at radius 1 is 1.14 bits per heavy atom. The molecular formula is C17H29N3O. The molecule has 1 aromatic rings. The van der Waals surface area contributed by atoms with Crippen molar-refractivity contribution in [1.82, 2.24) is 10.2 Å². The van der Waals surface area contributed by atoms with Crippen LogP contribution in [0.25, 0.3) is 0 Å². The number of hydrogen-bond acceptors (Lipinski definition) is 4. The van der Waals surface area contributed by atoms with Gasteiger partial charge in [0.25, 0.3) is 0 Å². The van der Waals surface area contributed by atoms with E-state index < -0.39 is 0 Å². The molecule has 0 bridgehead atoms. The van der Waals surface area contributed by atoms with E-state index in [-0.39, 0.29) is 0 Å². The van der Waals surface area contributed by atoms with E-state index in [4.69, 9.17) is 4.74 Å². The zero-order valence-corrected chi connectivity index (χ0v) is 13.7. The Balaban J connectivity index is 2.17. The monoisotopic (exact) mass is 291 g/mol. The highest BCUT2D eigenvalue weighted by molar-refractivity contribution is 5.60. The molecule has 1 N–H and O–H groups in total. The van der Waals surface area contributed by atoms with Gasteiger partial charge in [-0.1, -0.05) is 19.9 Å². The SMILES string of the molecule is CCOc1cc(CN(CC)CC)ccc1N1CCNCC1. The molecule has 0 radical (unpaired) electrons. The first-order chi connectivity index (χ1) is 10.3. The minimum Gasteiger partial charge on any atom is -0.492 e. The maximum atomic E-state index is 5.90. The second-order valence-electron chi connectivity index (χ2n) is 5.43. The van der Waals surface area contributed by atoms with Crippen molar-refractivity contribution in [2.45, 2.75) is 27.3 Å². The van der Waals surface area contributed by atoms with Gasteiger partial charge in [-0.15, -0.1) is 0 Å². The maximum Gasteiger partial charge on any atom is 0.142 e. The molecule has 0 amide bonds. The van der Waals surface area contributed by atoms with Gasteiger partial charge in [-0.25, -0.2) is 0 Å². The van der Waals surface area contributed by atoms with E-state index in [1.165, 1.54) is 11.3 Å². The lowest BCUT2D eigenvalue weighted by molar-refractivity contribution is 0.294. The average molecular weight is 291 g/mol. The van der Waals surface area contributed by atoms with Crippen LogP contribution in [-0.4, -0.2) is 50.8 Å². The van der Waals surface area contributed by atoms with E-state index >= 15 is 0 Å². The Hall–Kier alpha value is -1.26. The van der Waals surface area contributed by atoms with Crippen molar-refractivity contribution >= 4 is 5.69 Å². The third kappa shape index (κ3) is 4.35. The molecule has 1 fully saturated rings. The van der Waals surface area contributed by atoms with E-state index in [0.29, 0.717) is 6.61 Å². The number of hydrogen-bond donors (Lipinski definition) is 1. The Morgan fingerprint density at radius 2 is 1.86 bits per heavy atom. The smallest absolute Gasteiger partial charge is 0.142 e. The Morgan fingerprint density at radius 3 is 2.48 bits per heavy atom. The molecule has 0 unspecified atom stereocenters. The van der Waals surface area contributed by atoms with E-state index in [1.807, 2.05) is 0 Å². The van der Waals surface area contributed by atoms with E-state index in [0.717, 1.165) is 51.6 Å². The van der Waals surface area contributed by atoms with E-state index in [1.54, 1.807) is 0 Å². The van der Waals surface area contributed by atoms with E-state index in [9.17, 15) is 0 Å². The van der Waals surface area contributed by atoms with Crippen LogP contribution in [0.3, 0.4) is 0 Å². The molecule has 0 spiro atoms. The van der Waals surface area contributed by atoms with Gasteiger partial charge in [-0.2, -0.15) is 0 Å². The first kappa shape index (κ1) is 16.1. The van der Waals surface area contributed by atoms with Crippen LogP contribution in [-0.2, 0) is 6.54 Å². The molecule has 0 aliphatic carbocycles. The molecular weight excluding hydrogens is 262 g/mol. The Kier molecular flexibility index (Phi) is 6.33. The van der Waals surface area contributed by atoms with Gasteiger partial charge in [-0.3, -0.25) is 4.90 Å². The zero-order valence-electron chi connectivity index (χ0n) is 13.7. The normalized spacial score (nSPS) is 15.5. The fourth-order valence-corrected chi connectivity index (χ4v) is 2.80. The molecule has 4 nitrogen and oxygen atoms in total. The van der Waals surface area contributed by atoms with Crippen LogP contribution in [0.15, 0.2) is 18.2 Å². The Labute approximate surface area is 129 Å². The third-order valence-corrected chi connectivity index (χ3v) is 4.08. The molecule has 118 valence electrons. The number of anilines is 1. The zero-order chi connectivity index (χ0) is 15.1. The molecule has 0 atom stereocenters. The number of rotatable bonds is 7. The molecule has 0 aromatic heterocycles. The van der Waals surface area contributed by atoms with Crippen LogP contribution in [0.1, 0.15) is 26.3 Å². The summed E-state index contributed by atoms with van der Waals surface area (Å²) in [4.78, 5) is 4.85. The first-order valence-electron chi connectivity index (χ1n) is 8.22. The standard InChI is InChI=1S/C17H29N3O/c1-4-19(5-2)14-15-7-8-16(17(13-15)21-6-3)20-11-9-18-10-12-20/h7-8,13,18H,4-6,9-12,14H2,1-3H3. The topological polar surface area (TPSA) is 27.7 Å². The third-order valence-electron chi connectivity index (χ3n) is 4.08. The van der Waals surface area contributed by atoms with Crippen molar-refractivity contribution in [2.75, 3.05) is 50.8 Å². The molecule has 2 rings (SSSR count). The minimum absolute atomic E-state index is 0.716. The molecule has 1 aliphatic rings. The van der Waals surface area contributed by atoms with Crippen LogP contribution < -0.4 is 15.0 Å². The molecule has 1 aliphatic heterocycles. The summed E-state index contributed by atoms with van der Waals surface area (Å²) in [5.74, 6) is 1.03. The second kappa shape index (κ2) is 8.25. The van der Waals surface area contributed by atoms with Crippen molar-refractivity contribution in [2.24, 2.45) is 0 Å². The number of ether oxygens (including phenoxy) is 1. The molecule has 4 heteroatoms. The predicted molar refractivity (Wildman–Crippen MR) is 89.3 cm³/mol. The Bertz CT molecular complexity index is 426. The summed E-state index contributed by atoms with van der Waals surface area (Å²) in [5.41, 5.74) is 2.57. The van der Waals surface area contributed by atoms with Crippen LogP contribution in [0.2, 0.25) is 0 Å². The fourth-order valence-electron chi connectivity index (χ4n) is 2.80. The maximum absolute atomic E-state index is 5.90. The van der Waals surface area contributed by atoms with Gasteiger partial charge in [0.1, 0.15) is 5.75 Å². The summed E-state index contributed by atoms with van der Waals surface area (Å²) in [5, 5.41) is 3.40. The van der Waals surface area contributed by atoms with Crippen LogP contribution in [0.4, 0.5) is 5.69 Å². The quantitative estimate of drug-likeness (QED) is 0.834. The average Bonchev–Trinajstić information content (AvgIpc) is 2.54. The number of nitrogens with zero attached hydrogens (tertiary/aromatic N) is 2. The van der Waals surface area contributed by atoms with Gasteiger partial charge in [-0.05, 0) is 37.7 Å². The lowest BCUT2D eigenvalue weighted by Crippen LogP contribution is -2.43. The first-order valence-corrected chi connectivity index (χ1v) is 8.22. The molecule has 0 saturated carbocycles. The lowest BCUT2D eigenvalue weighted by Gasteiger charge is -2.31. The van der Waals surface area contributed by atoms with Gasteiger partial charge in [0.05, 0.1) is 12.3 Å². The van der Waals surface area contributed by atoms with E-state index in [2.05, 4.69) is 54.1 Å². The van der Waals surface area contributed by atoms with Gasteiger partial charge in [0, 0.05) is 32.7 Å². The summed E-state index contributed by atoms with van der Waals surface area (Å²) in [6.45, 7) is 14.6. The van der Waals surface area contributed by atoms with Crippen LogP contribution >= 0.6 is 0 Å². The summed E-state index contributed by atoms with van der Waals surface area (Å²) < 4.78 is 5.90. The fraction of sp³-hybridized carbons (Fsp3) is 0.647. The second-order valence-corrected chi connectivity index (χ2v) is 5.43. The summed E-state index contributed by atoms with van der Waals surface area (Å²) in [7, 11) is 0. The summed E-state index contributed by atoms with van der Waals surface area (Å²) >= 11 is 0. The van der Waals surface area contributed by atoms with Crippen molar-refractivity contribution < 1.29 is 4.74 Å². The predicted octanol–water partition coefficient (Wildman–Crippen LogP) is 2.34. The lowest BCUT2D eigenvalue weighted by atomic mass is 10.1. The molecule has 1 aromatic carbocycles. The van der Waals surface area contributed by atoms with Crippen LogP contribution in [0.5, 0.6) is 5.75 Å². The molecule has 1 heterocycles. The highest BCUT2D eigenvalue weighted by Crippen LogP contribution is 2.30. The molecule has 1 saturated heterocycles. The van der Waals surface area contributed by atoms with Gasteiger partial charge in [0.2, 0.25) is 0 Å². The largest absolute Gasteiger partial charge is 0.492 e. The van der Waals surface area contributed by atoms with Crippen molar-refractivity contribution in [1.29, 1.82) is 0 Å². The highest BCUT2D eigenvalue weighted by Gasteiger charge is 2.15. The van der Waals surface area contributed by atoms with Crippen LogP contribution in [0, 0.1) is 0 Å². The van der Waals surface area contributed by atoms with Crippen molar-refractivity contribution in [3.63, 3.8) is 0 Å². The van der Waals surface area contributed by atoms with Crippen molar-refractivity contribution in [3.8, 4) is 5.75 Å². The number of nitrogens with one attached hydrogen (secondary N) is 1. The minimum atomic E-state index is 0.716.